The Kier molecular flexibility index (Phi) is 5.67. The van der Waals surface area contributed by atoms with E-state index in [-0.39, 0.29) is 5.41 Å². The van der Waals surface area contributed by atoms with E-state index in [4.69, 9.17) is 4.74 Å². The first-order valence-corrected chi connectivity index (χ1v) is 7.22. The Morgan fingerprint density at radius 2 is 2.00 bits per heavy atom. The van der Waals surface area contributed by atoms with E-state index in [0.717, 1.165) is 28.9 Å². The summed E-state index contributed by atoms with van der Waals surface area (Å²) in [5, 5.41) is 3.46. The molecule has 0 aliphatic rings. The minimum Gasteiger partial charge on any atom is -0.493 e. The van der Waals surface area contributed by atoms with Crippen LogP contribution in [0.3, 0.4) is 0 Å². The van der Waals surface area contributed by atoms with Gasteiger partial charge in [-0.3, -0.25) is 0 Å². The van der Waals surface area contributed by atoms with Gasteiger partial charge in [-0.15, -0.1) is 0 Å². The lowest BCUT2D eigenvalue weighted by Crippen LogP contribution is -2.37. The number of hydrogen-bond donors (Lipinski definition) is 1. The maximum Gasteiger partial charge on any atom is 0.122 e. The Labute approximate surface area is 119 Å². The molecule has 0 radical (unpaired) electrons. The molecule has 0 aromatic heterocycles. The molecule has 0 spiro atoms. The molecule has 2 nitrogen and oxygen atoms in total. The highest BCUT2D eigenvalue weighted by Gasteiger charge is 2.19. The van der Waals surface area contributed by atoms with Gasteiger partial charge in [0.15, 0.2) is 0 Å². The summed E-state index contributed by atoms with van der Waals surface area (Å²) < 4.78 is 7.02. The third-order valence-corrected chi connectivity index (χ3v) is 3.24. The fourth-order valence-corrected chi connectivity index (χ4v) is 2.05. The van der Waals surface area contributed by atoms with Crippen molar-refractivity contribution in [2.75, 3.05) is 13.2 Å². The highest BCUT2D eigenvalue weighted by molar-refractivity contribution is 9.10. The van der Waals surface area contributed by atoms with Crippen LogP contribution < -0.4 is 10.1 Å². The van der Waals surface area contributed by atoms with Crippen molar-refractivity contribution in [2.45, 2.75) is 40.7 Å². The van der Waals surface area contributed by atoms with E-state index in [0.29, 0.717) is 6.04 Å². The highest BCUT2D eigenvalue weighted by Crippen LogP contribution is 2.24. The van der Waals surface area contributed by atoms with Crippen molar-refractivity contribution < 1.29 is 4.74 Å². The molecule has 1 aromatic rings. The molecule has 0 bridgehead atoms. The van der Waals surface area contributed by atoms with Crippen molar-refractivity contribution in [1.82, 2.24) is 5.32 Å². The summed E-state index contributed by atoms with van der Waals surface area (Å²) in [6.07, 6.45) is 0. The van der Waals surface area contributed by atoms with Crippen LogP contribution in [0.1, 0.15) is 33.3 Å². The smallest absolute Gasteiger partial charge is 0.122 e. The molecule has 0 atom stereocenters. The summed E-state index contributed by atoms with van der Waals surface area (Å²) in [6.45, 7) is 12.5. The molecule has 0 unspecified atom stereocenters. The molecule has 0 saturated carbocycles. The maximum absolute atomic E-state index is 5.93. The van der Waals surface area contributed by atoms with Gasteiger partial charge in [0.05, 0.1) is 6.61 Å². The van der Waals surface area contributed by atoms with Gasteiger partial charge in [-0.25, -0.2) is 0 Å². The zero-order valence-corrected chi connectivity index (χ0v) is 13.6. The van der Waals surface area contributed by atoms with E-state index in [1.807, 2.05) is 12.1 Å². The van der Waals surface area contributed by atoms with Crippen molar-refractivity contribution >= 4 is 15.9 Å². The number of nitrogens with one attached hydrogen (secondary N) is 1. The molecule has 0 aliphatic carbocycles. The number of halogens is 1. The fraction of sp³-hybridized carbons (Fsp3) is 0.600. The summed E-state index contributed by atoms with van der Waals surface area (Å²) >= 11 is 3.46. The molecule has 0 heterocycles. The van der Waals surface area contributed by atoms with E-state index >= 15 is 0 Å². The van der Waals surface area contributed by atoms with Gasteiger partial charge in [0, 0.05) is 22.5 Å². The average molecular weight is 314 g/mol. The summed E-state index contributed by atoms with van der Waals surface area (Å²) in [5.41, 5.74) is 1.29. The Morgan fingerprint density at radius 3 is 2.56 bits per heavy atom. The van der Waals surface area contributed by atoms with Crippen LogP contribution in [-0.4, -0.2) is 19.2 Å². The number of ether oxygens (including phenoxy) is 1. The van der Waals surface area contributed by atoms with Crippen molar-refractivity contribution in [3.05, 3.63) is 28.2 Å². The van der Waals surface area contributed by atoms with Crippen LogP contribution in [0.5, 0.6) is 5.75 Å². The zero-order valence-electron chi connectivity index (χ0n) is 12.0. The van der Waals surface area contributed by atoms with Gasteiger partial charge in [0.1, 0.15) is 5.75 Å². The van der Waals surface area contributed by atoms with Crippen LogP contribution in [0.4, 0.5) is 0 Å². The number of rotatable bonds is 6. The molecule has 0 saturated heterocycles. The first-order chi connectivity index (χ1) is 8.30. The van der Waals surface area contributed by atoms with Gasteiger partial charge in [-0.05, 0) is 30.7 Å². The minimum atomic E-state index is 0.129. The molecule has 102 valence electrons. The van der Waals surface area contributed by atoms with Crippen molar-refractivity contribution in [3.63, 3.8) is 0 Å². The second kappa shape index (κ2) is 6.58. The zero-order chi connectivity index (χ0) is 13.8. The first kappa shape index (κ1) is 15.5. The van der Waals surface area contributed by atoms with E-state index in [1.165, 1.54) is 0 Å². The molecule has 0 amide bonds. The Hall–Kier alpha value is -0.540. The second-order valence-corrected chi connectivity index (χ2v) is 6.81. The predicted octanol–water partition coefficient (Wildman–Crippen LogP) is 4.16. The van der Waals surface area contributed by atoms with Crippen LogP contribution in [0.25, 0.3) is 0 Å². The third-order valence-electron chi connectivity index (χ3n) is 2.74. The Bertz CT molecular complexity index is 388. The van der Waals surface area contributed by atoms with Crippen molar-refractivity contribution in [1.29, 1.82) is 0 Å². The van der Waals surface area contributed by atoms with Gasteiger partial charge >= 0.3 is 0 Å². The van der Waals surface area contributed by atoms with Crippen LogP contribution in [0.15, 0.2) is 22.7 Å². The molecule has 18 heavy (non-hydrogen) atoms. The van der Waals surface area contributed by atoms with E-state index < -0.39 is 0 Å². The highest BCUT2D eigenvalue weighted by atomic mass is 79.9. The monoisotopic (exact) mass is 313 g/mol. The molecule has 0 aliphatic heterocycles. The molecule has 1 aromatic carbocycles. The lowest BCUT2D eigenvalue weighted by Gasteiger charge is -2.26. The molecule has 1 N–H and O–H groups in total. The van der Waals surface area contributed by atoms with Crippen LogP contribution in [0, 0.1) is 12.3 Å². The number of benzene rings is 1. The first-order valence-electron chi connectivity index (χ1n) is 6.42. The van der Waals surface area contributed by atoms with E-state index in [1.54, 1.807) is 0 Å². The third kappa shape index (κ3) is 5.40. The number of hydrogen-bond acceptors (Lipinski definition) is 2. The lowest BCUT2D eigenvalue weighted by atomic mass is 9.94. The van der Waals surface area contributed by atoms with Gasteiger partial charge < -0.3 is 10.1 Å². The Morgan fingerprint density at radius 1 is 1.33 bits per heavy atom. The normalized spacial score (nSPS) is 11.9. The van der Waals surface area contributed by atoms with E-state index in [2.05, 4.69) is 61.9 Å². The lowest BCUT2D eigenvalue weighted by molar-refractivity contribution is 0.172. The summed E-state index contributed by atoms with van der Waals surface area (Å²) in [6, 6.07) is 6.63. The summed E-state index contributed by atoms with van der Waals surface area (Å²) in [4.78, 5) is 0. The minimum absolute atomic E-state index is 0.129. The second-order valence-electron chi connectivity index (χ2n) is 5.90. The van der Waals surface area contributed by atoms with Crippen molar-refractivity contribution in [2.24, 2.45) is 5.41 Å². The summed E-state index contributed by atoms with van der Waals surface area (Å²) in [5.74, 6) is 0.968. The van der Waals surface area contributed by atoms with Gasteiger partial charge in [0.25, 0.3) is 0 Å². The quantitative estimate of drug-likeness (QED) is 0.851. The topological polar surface area (TPSA) is 21.3 Å². The summed E-state index contributed by atoms with van der Waals surface area (Å²) in [7, 11) is 0. The van der Waals surface area contributed by atoms with Gasteiger partial charge in [-0.1, -0.05) is 43.6 Å². The van der Waals surface area contributed by atoms with Crippen LogP contribution in [0.2, 0.25) is 0 Å². The average Bonchev–Trinajstić information content (AvgIpc) is 2.25. The van der Waals surface area contributed by atoms with E-state index in [9.17, 15) is 0 Å². The molecule has 3 heteroatoms. The molecular formula is C15H24BrNO. The largest absolute Gasteiger partial charge is 0.493 e. The van der Waals surface area contributed by atoms with Gasteiger partial charge in [0.2, 0.25) is 0 Å². The molecule has 0 fully saturated rings. The molecular weight excluding hydrogens is 290 g/mol. The maximum atomic E-state index is 5.93. The molecule has 1 rings (SSSR count). The fourth-order valence-electron chi connectivity index (χ4n) is 1.58. The number of aryl methyl sites for hydroxylation is 1. The van der Waals surface area contributed by atoms with Crippen molar-refractivity contribution in [3.8, 4) is 5.75 Å². The van der Waals surface area contributed by atoms with Gasteiger partial charge in [-0.2, -0.15) is 0 Å². The Balaban J connectivity index is 2.53. The van der Waals surface area contributed by atoms with Crippen LogP contribution >= 0.6 is 15.9 Å². The van der Waals surface area contributed by atoms with Crippen LogP contribution in [-0.2, 0) is 0 Å². The predicted molar refractivity (Wildman–Crippen MR) is 81.3 cm³/mol. The standard InChI is InChI=1S/C15H24BrNO/c1-11(2)17-9-15(4,5)10-18-14-7-6-13(16)8-12(14)3/h6-8,11,17H,9-10H2,1-5H3. The SMILES string of the molecule is Cc1cc(Br)ccc1OCC(C)(C)CNC(C)C.